The summed E-state index contributed by atoms with van der Waals surface area (Å²) in [5.41, 5.74) is 2.93. The fourth-order valence-corrected chi connectivity index (χ4v) is 3.67. The number of nitrogens with zero attached hydrogens (tertiary/aromatic N) is 4. The van der Waals surface area contributed by atoms with E-state index in [0.717, 1.165) is 68.7 Å². The number of carbonyl (C=O) groups excluding carboxylic acids is 1. The van der Waals surface area contributed by atoms with Crippen molar-refractivity contribution in [2.24, 2.45) is 5.92 Å². The first kappa shape index (κ1) is 14.4. The maximum absolute atomic E-state index is 12.7. The van der Waals surface area contributed by atoms with E-state index < -0.39 is 0 Å². The zero-order valence-corrected chi connectivity index (χ0v) is 13.3. The summed E-state index contributed by atoms with van der Waals surface area (Å²) in [6.07, 6.45) is 5.90. The summed E-state index contributed by atoms with van der Waals surface area (Å²) in [5.74, 6) is 1.98. The molecule has 0 radical (unpaired) electrons. The average Bonchev–Trinajstić information content (AvgIpc) is 3.24. The molecule has 2 aromatic heterocycles. The zero-order valence-electron chi connectivity index (χ0n) is 13.3. The first-order valence-corrected chi connectivity index (χ1v) is 8.35. The van der Waals surface area contributed by atoms with Gasteiger partial charge >= 0.3 is 0 Å². The van der Waals surface area contributed by atoms with E-state index in [0.29, 0.717) is 17.5 Å². The Hall–Kier alpha value is -2.18. The van der Waals surface area contributed by atoms with E-state index in [2.05, 4.69) is 20.3 Å². The third-order valence-corrected chi connectivity index (χ3v) is 4.95. The zero-order chi connectivity index (χ0) is 15.8. The van der Waals surface area contributed by atoms with Gasteiger partial charge in [0.05, 0.1) is 0 Å². The van der Waals surface area contributed by atoms with Gasteiger partial charge in [-0.05, 0) is 38.0 Å². The highest BCUT2D eigenvalue weighted by Crippen LogP contribution is 2.26. The van der Waals surface area contributed by atoms with Crippen molar-refractivity contribution < 1.29 is 9.32 Å². The lowest BCUT2D eigenvalue weighted by atomic mass is 9.93. The van der Waals surface area contributed by atoms with Crippen molar-refractivity contribution in [2.45, 2.75) is 45.4 Å². The fourth-order valence-electron chi connectivity index (χ4n) is 3.67. The lowest BCUT2D eigenvalue weighted by molar-refractivity contribution is 0.0682. The van der Waals surface area contributed by atoms with Gasteiger partial charge in [-0.15, -0.1) is 0 Å². The number of likely N-dealkylation sites (tertiary alicyclic amines) is 1. The minimum absolute atomic E-state index is 0.0817. The van der Waals surface area contributed by atoms with Crippen LogP contribution in [0.1, 0.15) is 52.7 Å². The lowest BCUT2D eigenvalue weighted by Gasteiger charge is -2.31. The number of hydrogen-bond donors (Lipinski definition) is 1. The van der Waals surface area contributed by atoms with Crippen molar-refractivity contribution in [3.05, 3.63) is 28.7 Å². The third kappa shape index (κ3) is 2.75. The molecule has 0 aromatic carbocycles. The Morgan fingerprint density at radius 3 is 2.91 bits per heavy atom. The molecule has 1 fully saturated rings. The number of amides is 1. The van der Waals surface area contributed by atoms with Crippen molar-refractivity contribution in [2.75, 3.05) is 13.1 Å². The number of carbonyl (C=O) groups is 1. The Balaban J connectivity index is 1.36. The Labute approximate surface area is 134 Å². The predicted molar refractivity (Wildman–Crippen MR) is 82.0 cm³/mol. The second-order valence-electron chi connectivity index (χ2n) is 6.55. The van der Waals surface area contributed by atoms with Crippen molar-refractivity contribution in [1.29, 1.82) is 0 Å². The second-order valence-corrected chi connectivity index (χ2v) is 6.55. The molecule has 1 aliphatic heterocycles. The summed E-state index contributed by atoms with van der Waals surface area (Å²) in [6, 6.07) is 0. The van der Waals surface area contributed by atoms with Gasteiger partial charge in [-0.25, -0.2) is 0 Å². The first-order valence-electron chi connectivity index (χ1n) is 8.35. The van der Waals surface area contributed by atoms with Crippen LogP contribution in [0.25, 0.3) is 0 Å². The number of H-pyrrole nitrogens is 1. The molecule has 7 nitrogen and oxygen atoms in total. The summed E-state index contributed by atoms with van der Waals surface area (Å²) >= 11 is 0. The van der Waals surface area contributed by atoms with Crippen LogP contribution in [-0.2, 0) is 19.3 Å². The molecule has 0 unspecified atom stereocenters. The van der Waals surface area contributed by atoms with Gasteiger partial charge in [-0.2, -0.15) is 10.1 Å². The monoisotopic (exact) mass is 315 g/mol. The van der Waals surface area contributed by atoms with Crippen LogP contribution in [0.4, 0.5) is 0 Å². The molecule has 4 rings (SSSR count). The van der Waals surface area contributed by atoms with E-state index in [1.54, 1.807) is 6.92 Å². The van der Waals surface area contributed by atoms with E-state index in [9.17, 15) is 4.79 Å². The quantitative estimate of drug-likeness (QED) is 0.931. The van der Waals surface area contributed by atoms with Crippen LogP contribution in [0.5, 0.6) is 0 Å². The smallest absolute Gasteiger partial charge is 0.274 e. The summed E-state index contributed by atoms with van der Waals surface area (Å²) in [4.78, 5) is 18.9. The van der Waals surface area contributed by atoms with Gasteiger partial charge in [0.1, 0.15) is 0 Å². The van der Waals surface area contributed by atoms with E-state index in [-0.39, 0.29) is 5.91 Å². The van der Waals surface area contributed by atoms with Crippen LogP contribution in [0, 0.1) is 12.8 Å². The van der Waals surface area contributed by atoms with Gasteiger partial charge in [0.2, 0.25) is 5.89 Å². The SMILES string of the molecule is Cc1nc(CC2CCN(C(=O)c3n[nH]c4c3CCC4)CC2)no1. The first-order chi connectivity index (χ1) is 11.2. The van der Waals surface area contributed by atoms with E-state index in [1.165, 1.54) is 0 Å². The number of fused-ring (bicyclic) bond motifs is 1. The summed E-state index contributed by atoms with van der Waals surface area (Å²) < 4.78 is 5.02. The molecule has 0 saturated carbocycles. The molecular formula is C16H21N5O2. The van der Waals surface area contributed by atoms with Crippen molar-refractivity contribution >= 4 is 5.91 Å². The van der Waals surface area contributed by atoms with Crippen LogP contribution in [0.2, 0.25) is 0 Å². The molecule has 7 heteroatoms. The molecule has 2 aromatic rings. The molecule has 0 bridgehead atoms. The number of piperidine rings is 1. The number of nitrogens with one attached hydrogen (secondary N) is 1. The maximum Gasteiger partial charge on any atom is 0.274 e. The van der Waals surface area contributed by atoms with E-state index >= 15 is 0 Å². The molecule has 23 heavy (non-hydrogen) atoms. The lowest BCUT2D eigenvalue weighted by Crippen LogP contribution is -2.39. The minimum atomic E-state index is 0.0817. The number of hydrogen-bond acceptors (Lipinski definition) is 5. The van der Waals surface area contributed by atoms with Crippen LogP contribution in [0.3, 0.4) is 0 Å². The second kappa shape index (κ2) is 5.79. The Kier molecular flexibility index (Phi) is 3.63. The molecule has 2 aliphatic rings. The molecule has 122 valence electrons. The van der Waals surface area contributed by atoms with Gasteiger partial charge in [0.25, 0.3) is 5.91 Å². The largest absolute Gasteiger partial charge is 0.340 e. The highest BCUT2D eigenvalue weighted by Gasteiger charge is 2.29. The molecule has 0 atom stereocenters. The van der Waals surface area contributed by atoms with Gasteiger partial charge in [-0.3, -0.25) is 9.89 Å². The van der Waals surface area contributed by atoms with Crippen LogP contribution < -0.4 is 0 Å². The summed E-state index contributed by atoms with van der Waals surface area (Å²) in [7, 11) is 0. The minimum Gasteiger partial charge on any atom is -0.340 e. The fraction of sp³-hybridized carbons (Fsp3) is 0.625. The Bertz CT molecular complexity index is 712. The topological polar surface area (TPSA) is 87.9 Å². The highest BCUT2D eigenvalue weighted by molar-refractivity contribution is 5.94. The van der Waals surface area contributed by atoms with Crippen LogP contribution >= 0.6 is 0 Å². The number of aromatic nitrogens is 4. The summed E-state index contributed by atoms with van der Waals surface area (Å²) in [5, 5.41) is 11.2. The third-order valence-electron chi connectivity index (χ3n) is 4.95. The molecule has 1 N–H and O–H groups in total. The summed E-state index contributed by atoms with van der Waals surface area (Å²) in [6.45, 7) is 3.37. The number of aryl methyl sites for hydroxylation is 2. The molecule has 1 amide bonds. The molecule has 0 spiro atoms. The normalized spacial score (nSPS) is 18.4. The van der Waals surface area contributed by atoms with Gasteiger partial charge < -0.3 is 9.42 Å². The highest BCUT2D eigenvalue weighted by atomic mass is 16.5. The van der Waals surface area contributed by atoms with Gasteiger partial charge in [0, 0.05) is 37.7 Å². The molecule has 1 saturated heterocycles. The van der Waals surface area contributed by atoms with Gasteiger partial charge in [0.15, 0.2) is 11.5 Å². The molecule has 3 heterocycles. The van der Waals surface area contributed by atoms with Gasteiger partial charge in [-0.1, -0.05) is 5.16 Å². The number of rotatable bonds is 3. The standard InChI is InChI=1S/C16H21N5O2/c1-10-17-14(20-23-10)9-11-5-7-21(8-6-11)16(22)15-12-3-2-4-13(12)18-19-15/h11H,2-9H2,1H3,(H,18,19). The van der Waals surface area contributed by atoms with Crippen LogP contribution in [0.15, 0.2) is 4.52 Å². The van der Waals surface area contributed by atoms with Crippen molar-refractivity contribution in [3.8, 4) is 0 Å². The predicted octanol–water partition coefficient (Wildman–Crippen LogP) is 1.68. The van der Waals surface area contributed by atoms with Crippen molar-refractivity contribution in [1.82, 2.24) is 25.2 Å². The van der Waals surface area contributed by atoms with Crippen molar-refractivity contribution in [3.63, 3.8) is 0 Å². The molecule has 1 aliphatic carbocycles. The maximum atomic E-state index is 12.7. The van der Waals surface area contributed by atoms with E-state index in [4.69, 9.17) is 4.52 Å². The number of aromatic amines is 1. The Morgan fingerprint density at radius 1 is 1.35 bits per heavy atom. The average molecular weight is 315 g/mol. The molecular weight excluding hydrogens is 294 g/mol. The van der Waals surface area contributed by atoms with Crippen LogP contribution in [-0.4, -0.2) is 44.2 Å². The van der Waals surface area contributed by atoms with E-state index in [1.807, 2.05) is 4.90 Å². The Morgan fingerprint density at radius 2 is 2.17 bits per heavy atom.